The van der Waals surface area contributed by atoms with Gasteiger partial charge in [-0.2, -0.15) is 5.26 Å². The van der Waals surface area contributed by atoms with Crippen molar-refractivity contribution in [1.29, 1.82) is 5.26 Å². The standard InChI is InChI=1S/C20H23FN6O2/c1-10(2)25-18-12(19(28)24-9-15(21)20(3,4)29)6-14-17(27-18)16-13(26-14)5-11(7-22)8-23-16/h5-6,8,10,15,26,29H,9H2,1-4H3,(H,24,28)(H,25,27)/t15-/m1/s1. The van der Waals surface area contributed by atoms with E-state index >= 15 is 0 Å². The number of anilines is 1. The number of H-pyrrole nitrogens is 1. The van der Waals surface area contributed by atoms with Crippen LogP contribution in [0.2, 0.25) is 0 Å². The van der Waals surface area contributed by atoms with Crippen LogP contribution < -0.4 is 10.6 Å². The van der Waals surface area contributed by atoms with Crippen LogP contribution >= 0.6 is 0 Å². The van der Waals surface area contributed by atoms with Crippen LogP contribution in [-0.2, 0) is 0 Å². The predicted octanol–water partition coefficient (Wildman–Crippen LogP) is 2.64. The molecule has 3 aromatic rings. The number of aromatic nitrogens is 3. The van der Waals surface area contributed by atoms with Gasteiger partial charge >= 0.3 is 0 Å². The molecule has 0 saturated carbocycles. The molecular weight excluding hydrogens is 375 g/mol. The maximum Gasteiger partial charge on any atom is 0.255 e. The van der Waals surface area contributed by atoms with Crippen LogP contribution in [0.15, 0.2) is 18.3 Å². The largest absolute Gasteiger partial charge is 0.387 e. The van der Waals surface area contributed by atoms with E-state index in [4.69, 9.17) is 5.26 Å². The molecule has 0 radical (unpaired) electrons. The van der Waals surface area contributed by atoms with E-state index in [2.05, 4.69) is 25.6 Å². The van der Waals surface area contributed by atoms with Crippen LogP contribution in [0.3, 0.4) is 0 Å². The number of hydrogen-bond donors (Lipinski definition) is 4. The van der Waals surface area contributed by atoms with Crippen LogP contribution in [0.25, 0.3) is 22.1 Å². The van der Waals surface area contributed by atoms with Crippen LogP contribution in [-0.4, -0.2) is 50.3 Å². The Hall–Kier alpha value is -3.25. The predicted molar refractivity (Wildman–Crippen MR) is 108 cm³/mol. The number of hydrogen-bond acceptors (Lipinski definition) is 6. The fraction of sp³-hybridized carbons (Fsp3) is 0.400. The number of pyridine rings is 2. The summed E-state index contributed by atoms with van der Waals surface area (Å²) >= 11 is 0. The highest BCUT2D eigenvalue weighted by Crippen LogP contribution is 2.27. The van der Waals surface area contributed by atoms with Gasteiger partial charge in [0.05, 0.1) is 34.3 Å². The van der Waals surface area contributed by atoms with Crippen LogP contribution in [0, 0.1) is 11.3 Å². The number of halogens is 1. The van der Waals surface area contributed by atoms with E-state index in [1.807, 2.05) is 19.9 Å². The fourth-order valence-corrected chi connectivity index (χ4v) is 2.83. The Labute approximate surface area is 167 Å². The Balaban J connectivity index is 2.03. The smallest absolute Gasteiger partial charge is 0.255 e. The SMILES string of the molecule is CC(C)Nc1nc2c(cc1C(=O)NC[C@@H](F)C(C)(C)O)[nH]c1cc(C#N)cnc12. The van der Waals surface area contributed by atoms with E-state index in [1.165, 1.54) is 20.0 Å². The summed E-state index contributed by atoms with van der Waals surface area (Å²) in [6.07, 6.45) is -0.155. The minimum absolute atomic E-state index is 0.000144. The molecule has 0 bridgehead atoms. The summed E-state index contributed by atoms with van der Waals surface area (Å²) in [6, 6.07) is 5.32. The lowest BCUT2D eigenvalue weighted by Gasteiger charge is -2.22. The molecule has 0 fully saturated rings. The van der Waals surface area contributed by atoms with Gasteiger partial charge in [0, 0.05) is 12.2 Å². The normalized spacial score (nSPS) is 12.9. The first-order valence-corrected chi connectivity index (χ1v) is 9.24. The Morgan fingerprint density at radius 2 is 2.03 bits per heavy atom. The number of nitrogens with zero attached hydrogens (tertiary/aromatic N) is 3. The molecule has 4 N–H and O–H groups in total. The third kappa shape index (κ3) is 4.27. The van der Waals surface area contributed by atoms with Crippen molar-refractivity contribution in [3.63, 3.8) is 0 Å². The molecule has 0 aromatic carbocycles. The van der Waals surface area contributed by atoms with Crippen LogP contribution in [0.1, 0.15) is 43.6 Å². The summed E-state index contributed by atoms with van der Waals surface area (Å²) in [7, 11) is 0. The first-order valence-electron chi connectivity index (χ1n) is 9.24. The van der Waals surface area contributed by atoms with E-state index < -0.39 is 17.7 Å². The second-order valence-electron chi connectivity index (χ2n) is 7.77. The van der Waals surface area contributed by atoms with E-state index in [1.54, 1.807) is 12.1 Å². The summed E-state index contributed by atoms with van der Waals surface area (Å²) in [6.45, 7) is 6.17. The molecule has 0 aliphatic rings. The second-order valence-corrected chi connectivity index (χ2v) is 7.77. The number of amides is 1. The lowest BCUT2D eigenvalue weighted by Crippen LogP contribution is -2.42. The molecule has 29 heavy (non-hydrogen) atoms. The molecular formula is C20H23FN6O2. The van der Waals surface area contributed by atoms with E-state index in [0.717, 1.165) is 0 Å². The van der Waals surface area contributed by atoms with Gasteiger partial charge in [-0.25, -0.2) is 9.37 Å². The Bertz CT molecular complexity index is 1110. The van der Waals surface area contributed by atoms with Crippen molar-refractivity contribution in [3.05, 3.63) is 29.5 Å². The monoisotopic (exact) mass is 398 g/mol. The average Bonchev–Trinajstić information content (AvgIpc) is 3.00. The number of nitrogens with one attached hydrogen (secondary N) is 3. The molecule has 0 spiro atoms. The molecule has 0 unspecified atom stereocenters. The third-order valence-corrected chi connectivity index (χ3v) is 4.41. The van der Waals surface area contributed by atoms with Crippen molar-refractivity contribution in [2.24, 2.45) is 0 Å². The number of aromatic amines is 1. The molecule has 3 aromatic heterocycles. The van der Waals surface area contributed by atoms with Gasteiger partial charge in [0.25, 0.3) is 5.91 Å². The molecule has 3 rings (SSSR count). The van der Waals surface area contributed by atoms with Gasteiger partial charge in [0.1, 0.15) is 29.1 Å². The van der Waals surface area contributed by atoms with Crippen molar-refractivity contribution in [1.82, 2.24) is 20.3 Å². The number of aliphatic hydroxyl groups is 1. The zero-order valence-corrected chi connectivity index (χ0v) is 16.7. The first kappa shape index (κ1) is 20.5. The van der Waals surface area contributed by atoms with Gasteiger partial charge in [0.15, 0.2) is 0 Å². The number of rotatable bonds is 6. The molecule has 0 saturated heterocycles. The van der Waals surface area contributed by atoms with Gasteiger partial charge in [-0.3, -0.25) is 9.78 Å². The van der Waals surface area contributed by atoms with Crippen molar-refractivity contribution in [3.8, 4) is 6.07 Å². The maximum absolute atomic E-state index is 14.0. The van der Waals surface area contributed by atoms with Gasteiger partial charge < -0.3 is 20.7 Å². The van der Waals surface area contributed by atoms with Gasteiger partial charge in [-0.15, -0.1) is 0 Å². The minimum Gasteiger partial charge on any atom is -0.387 e. The summed E-state index contributed by atoms with van der Waals surface area (Å²) in [5.74, 6) is -0.172. The zero-order valence-electron chi connectivity index (χ0n) is 16.7. The van der Waals surface area contributed by atoms with Gasteiger partial charge in [-0.1, -0.05) is 0 Å². The van der Waals surface area contributed by atoms with E-state index in [-0.39, 0.29) is 18.2 Å². The van der Waals surface area contributed by atoms with Gasteiger partial charge in [-0.05, 0) is 39.8 Å². The molecule has 0 aliphatic heterocycles. The Kier molecular flexibility index (Phi) is 5.40. The maximum atomic E-state index is 14.0. The summed E-state index contributed by atoms with van der Waals surface area (Å²) in [4.78, 5) is 24.7. The highest BCUT2D eigenvalue weighted by atomic mass is 19.1. The number of carbonyl (C=O) groups excluding carboxylic acids is 1. The highest BCUT2D eigenvalue weighted by Gasteiger charge is 2.27. The Morgan fingerprint density at radius 1 is 1.34 bits per heavy atom. The molecule has 0 aliphatic carbocycles. The quantitative estimate of drug-likeness (QED) is 0.506. The average molecular weight is 398 g/mol. The lowest BCUT2D eigenvalue weighted by molar-refractivity contribution is -0.00177. The third-order valence-electron chi connectivity index (χ3n) is 4.41. The number of alkyl halides is 1. The molecule has 9 heteroatoms. The van der Waals surface area contributed by atoms with Crippen molar-refractivity contribution >= 4 is 33.8 Å². The topological polar surface area (TPSA) is 127 Å². The summed E-state index contributed by atoms with van der Waals surface area (Å²) in [5, 5.41) is 24.4. The molecule has 1 atom stereocenters. The van der Waals surface area contributed by atoms with E-state index in [9.17, 15) is 14.3 Å². The second kappa shape index (κ2) is 7.64. The molecule has 3 heterocycles. The van der Waals surface area contributed by atoms with Crippen LogP contribution in [0.4, 0.5) is 10.2 Å². The number of fused-ring (bicyclic) bond motifs is 3. The highest BCUT2D eigenvalue weighted by molar-refractivity contribution is 6.08. The van der Waals surface area contributed by atoms with Gasteiger partial charge in [0.2, 0.25) is 0 Å². The fourth-order valence-electron chi connectivity index (χ4n) is 2.83. The number of nitriles is 1. The summed E-state index contributed by atoms with van der Waals surface area (Å²) < 4.78 is 14.0. The van der Waals surface area contributed by atoms with Crippen molar-refractivity contribution in [2.45, 2.75) is 45.5 Å². The lowest BCUT2D eigenvalue weighted by atomic mass is 10.0. The molecule has 8 nitrogen and oxygen atoms in total. The number of carbonyl (C=O) groups is 1. The summed E-state index contributed by atoms with van der Waals surface area (Å²) in [5.41, 5.74) is 1.43. The van der Waals surface area contributed by atoms with Crippen molar-refractivity contribution in [2.75, 3.05) is 11.9 Å². The minimum atomic E-state index is -1.62. The molecule has 1 amide bonds. The first-order chi connectivity index (χ1) is 13.6. The van der Waals surface area contributed by atoms with E-state index in [0.29, 0.717) is 33.4 Å². The van der Waals surface area contributed by atoms with Crippen molar-refractivity contribution < 1.29 is 14.3 Å². The van der Waals surface area contributed by atoms with Crippen LogP contribution in [0.5, 0.6) is 0 Å². The Morgan fingerprint density at radius 3 is 2.66 bits per heavy atom. The molecule has 152 valence electrons. The zero-order chi connectivity index (χ0) is 21.3.